The Kier molecular flexibility index (Phi) is 5.00. The second-order valence-electron chi connectivity index (χ2n) is 6.17. The molecule has 0 fully saturated rings. The van der Waals surface area contributed by atoms with Gasteiger partial charge in [-0.25, -0.2) is 4.79 Å². The number of aryl methyl sites for hydroxylation is 1. The number of ether oxygens (including phenoxy) is 1. The second-order valence-corrected chi connectivity index (χ2v) is 7.31. The van der Waals surface area contributed by atoms with E-state index in [1.165, 1.54) is 28.2 Å². The highest BCUT2D eigenvalue weighted by molar-refractivity contribution is 7.14. The van der Waals surface area contributed by atoms with E-state index in [1.54, 1.807) is 24.3 Å². The van der Waals surface area contributed by atoms with Crippen LogP contribution >= 0.6 is 11.3 Å². The minimum atomic E-state index is -1.05. The third-order valence-corrected chi connectivity index (χ3v) is 5.77. The summed E-state index contributed by atoms with van der Waals surface area (Å²) >= 11 is 1.48. The summed E-state index contributed by atoms with van der Waals surface area (Å²) in [5.74, 6) is -0.448. The first-order chi connectivity index (χ1) is 11.6. The van der Waals surface area contributed by atoms with Gasteiger partial charge in [0.25, 0.3) is 5.91 Å². The summed E-state index contributed by atoms with van der Waals surface area (Å²) in [4.78, 5) is 26.0. The Labute approximate surface area is 145 Å². The average Bonchev–Trinajstić information content (AvgIpc) is 3.03. The van der Waals surface area contributed by atoms with Crippen molar-refractivity contribution in [2.45, 2.75) is 38.7 Å². The molecule has 1 aromatic carbocycles. The number of amides is 1. The van der Waals surface area contributed by atoms with Crippen molar-refractivity contribution in [1.82, 2.24) is 0 Å². The van der Waals surface area contributed by atoms with Crippen LogP contribution in [0, 0.1) is 5.92 Å². The molecule has 2 unspecified atom stereocenters. The van der Waals surface area contributed by atoms with Crippen molar-refractivity contribution in [3.63, 3.8) is 0 Å². The number of rotatable bonds is 5. The molecule has 2 aromatic rings. The number of carbonyl (C=O) groups is 2. The summed E-state index contributed by atoms with van der Waals surface area (Å²) < 4.78 is 5.41. The van der Waals surface area contributed by atoms with Crippen molar-refractivity contribution in [2.75, 3.05) is 0 Å². The predicted molar refractivity (Wildman–Crippen MR) is 93.9 cm³/mol. The van der Waals surface area contributed by atoms with E-state index in [0.717, 1.165) is 19.3 Å². The standard InChI is InChI=1S/C19H21NO3S/c1-2-12-8-9-15-14(10-12)11-16(24-15)19(22)23-17(18(20)21)13-6-4-3-5-7-13/h3-7,11-12,17H,2,8-10H2,1H3,(H2,20,21). The van der Waals surface area contributed by atoms with Crippen LogP contribution in [-0.4, -0.2) is 11.9 Å². The molecule has 2 N–H and O–H groups in total. The lowest BCUT2D eigenvalue weighted by Crippen LogP contribution is -2.26. The lowest BCUT2D eigenvalue weighted by Gasteiger charge is -2.19. The topological polar surface area (TPSA) is 69.4 Å². The molecule has 0 bridgehead atoms. The van der Waals surface area contributed by atoms with Crippen molar-refractivity contribution < 1.29 is 14.3 Å². The molecule has 24 heavy (non-hydrogen) atoms. The van der Waals surface area contributed by atoms with E-state index >= 15 is 0 Å². The number of nitrogens with two attached hydrogens (primary N) is 1. The van der Waals surface area contributed by atoms with Gasteiger partial charge < -0.3 is 10.5 Å². The predicted octanol–water partition coefficient (Wildman–Crippen LogP) is 3.65. The summed E-state index contributed by atoms with van der Waals surface area (Å²) in [5, 5.41) is 0. The SMILES string of the molecule is CCC1CCc2sc(C(=O)OC(C(N)=O)c3ccccc3)cc2C1. The summed E-state index contributed by atoms with van der Waals surface area (Å²) in [6.45, 7) is 2.20. The molecule has 1 aromatic heterocycles. The second kappa shape index (κ2) is 7.18. The van der Waals surface area contributed by atoms with Crippen LogP contribution in [-0.2, 0) is 22.4 Å². The van der Waals surface area contributed by atoms with Crippen molar-refractivity contribution in [3.8, 4) is 0 Å². The maximum Gasteiger partial charge on any atom is 0.349 e. The van der Waals surface area contributed by atoms with Gasteiger partial charge in [-0.3, -0.25) is 4.79 Å². The summed E-state index contributed by atoms with van der Waals surface area (Å²) in [6, 6.07) is 10.8. The van der Waals surface area contributed by atoms with E-state index in [9.17, 15) is 9.59 Å². The Bertz CT molecular complexity index is 738. The minimum Gasteiger partial charge on any atom is -0.443 e. The number of primary amides is 1. The maximum atomic E-state index is 12.5. The molecule has 0 saturated heterocycles. The number of benzene rings is 1. The number of hydrogen-bond donors (Lipinski definition) is 1. The first-order valence-corrected chi connectivity index (χ1v) is 9.07. The molecule has 1 amide bonds. The summed E-state index contributed by atoms with van der Waals surface area (Å²) in [5.41, 5.74) is 7.26. The van der Waals surface area contributed by atoms with Crippen molar-refractivity contribution in [3.05, 3.63) is 57.3 Å². The largest absolute Gasteiger partial charge is 0.443 e. The highest BCUT2D eigenvalue weighted by atomic mass is 32.1. The van der Waals surface area contributed by atoms with E-state index in [-0.39, 0.29) is 0 Å². The Morgan fingerprint density at radius 1 is 1.33 bits per heavy atom. The van der Waals surface area contributed by atoms with Crippen LogP contribution in [0.1, 0.15) is 51.5 Å². The molecule has 1 aliphatic rings. The molecule has 1 heterocycles. The van der Waals surface area contributed by atoms with Crippen LogP contribution in [0.2, 0.25) is 0 Å². The average molecular weight is 343 g/mol. The van der Waals surface area contributed by atoms with Crippen LogP contribution in [0.4, 0.5) is 0 Å². The van der Waals surface area contributed by atoms with E-state index in [1.807, 2.05) is 12.1 Å². The normalized spacial score (nSPS) is 17.8. The fourth-order valence-corrected chi connectivity index (χ4v) is 4.22. The highest BCUT2D eigenvalue weighted by Gasteiger charge is 2.26. The van der Waals surface area contributed by atoms with Crippen molar-refractivity contribution in [2.24, 2.45) is 11.7 Å². The van der Waals surface area contributed by atoms with Gasteiger partial charge in [-0.05, 0) is 36.8 Å². The van der Waals surface area contributed by atoms with E-state index < -0.39 is 18.0 Å². The Balaban J connectivity index is 1.77. The van der Waals surface area contributed by atoms with Gasteiger partial charge in [0.2, 0.25) is 6.10 Å². The van der Waals surface area contributed by atoms with Gasteiger partial charge in [-0.2, -0.15) is 0 Å². The van der Waals surface area contributed by atoms with Gasteiger partial charge in [-0.1, -0.05) is 43.7 Å². The quantitative estimate of drug-likeness (QED) is 0.843. The van der Waals surface area contributed by atoms with Crippen molar-refractivity contribution >= 4 is 23.2 Å². The molecule has 4 nitrogen and oxygen atoms in total. The Morgan fingerprint density at radius 3 is 2.75 bits per heavy atom. The van der Waals surface area contributed by atoms with E-state index in [2.05, 4.69) is 6.92 Å². The molecule has 0 aliphatic heterocycles. The molecule has 0 radical (unpaired) electrons. The molecule has 126 valence electrons. The Hall–Kier alpha value is -2.14. The van der Waals surface area contributed by atoms with Crippen LogP contribution in [0.3, 0.4) is 0 Å². The van der Waals surface area contributed by atoms with Gasteiger partial charge in [-0.15, -0.1) is 11.3 Å². The molecule has 3 rings (SSSR count). The third-order valence-electron chi connectivity index (χ3n) is 4.55. The third kappa shape index (κ3) is 3.51. The number of esters is 1. The molecule has 1 aliphatic carbocycles. The molecule has 2 atom stereocenters. The zero-order valence-electron chi connectivity index (χ0n) is 13.7. The number of carbonyl (C=O) groups excluding carboxylic acids is 2. The smallest absolute Gasteiger partial charge is 0.349 e. The van der Waals surface area contributed by atoms with Crippen LogP contribution < -0.4 is 5.73 Å². The first-order valence-electron chi connectivity index (χ1n) is 8.25. The Morgan fingerprint density at radius 2 is 2.08 bits per heavy atom. The molecule has 0 saturated carbocycles. The number of fused-ring (bicyclic) bond motifs is 1. The summed E-state index contributed by atoms with van der Waals surface area (Å²) in [7, 11) is 0. The fourth-order valence-electron chi connectivity index (χ4n) is 3.13. The summed E-state index contributed by atoms with van der Waals surface area (Å²) in [6.07, 6.45) is 3.32. The molecular formula is C19H21NO3S. The van der Waals surface area contributed by atoms with Crippen molar-refractivity contribution in [1.29, 1.82) is 0 Å². The fraction of sp³-hybridized carbons (Fsp3) is 0.368. The maximum absolute atomic E-state index is 12.5. The first kappa shape index (κ1) is 16.7. The zero-order chi connectivity index (χ0) is 17.1. The highest BCUT2D eigenvalue weighted by Crippen LogP contribution is 2.34. The monoisotopic (exact) mass is 343 g/mol. The van der Waals surface area contributed by atoms with Gasteiger partial charge in [0.05, 0.1) is 0 Å². The number of thiophene rings is 1. The van der Waals surface area contributed by atoms with Gasteiger partial charge in [0.1, 0.15) is 4.88 Å². The van der Waals surface area contributed by atoms with Gasteiger partial charge in [0.15, 0.2) is 0 Å². The molecular weight excluding hydrogens is 322 g/mol. The lowest BCUT2D eigenvalue weighted by molar-refractivity contribution is -0.127. The van der Waals surface area contributed by atoms with Crippen LogP contribution in [0.5, 0.6) is 0 Å². The lowest BCUT2D eigenvalue weighted by atomic mass is 9.87. The molecule has 5 heteroatoms. The van der Waals surface area contributed by atoms with Gasteiger partial charge >= 0.3 is 5.97 Å². The zero-order valence-corrected chi connectivity index (χ0v) is 14.5. The molecule has 0 spiro atoms. The van der Waals surface area contributed by atoms with Crippen LogP contribution in [0.25, 0.3) is 0 Å². The van der Waals surface area contributed by atoms with Gasteiger partial charge in [0, 0.05) is 10.4 Å². The number of hydrogen-bond acceptors (Lipinski definition) is 4. The van der Waals surface area contributed by atoms with Crippen LogP contribution in [0.15, 0.2) is 36.4 Å². The minimum absolute atomic E-state index is 0.477. The van der Waals surface area contributed by atoms with E-state index in [4.69, 9.17) is 10.5 Å². The van der Waals surface area contributed by atoms with E-state index in [0.29, 0.717) is 16.4 Å².